The quantitative estimate of drug-likeness (QED) is 0.241. The minimum atomic E-state index is -0.139. The van der Waals surface area contributed by atoms with Gasteiger partial charge in [-0.1, -0.05) is 53.8 Å². The lowest BCUT2D eigenvalue weighted by molar-refractivity contribution is -0.116. The number of hydrogen-bond donors (Lipinski definition) is 2. The van der Waals surface area contributed by atoms with Gasteiger partial charge in [0.15, 0.2) is 5.82 Å². The molecule has 4 rings (SSSR count). The summed E-state index contributed by atoms with van der Waals surface area (Å²) in [5.41, 5.74) is 2.69. The summed E-state index contributed by atoms with van der Waals surface area (Å²) in [7, 11) is 0. The molecule has 4 aromatic rings. The zero-order valence-corrected chi connectivity index (χ0v) is 22.0. The summed E-state index contributed by atoms with van der Waals surface area (Å²) in [6.07, 6.45) is 3.89. The van der Waals surface area contributed by atoms with Crippen molar-refractivity contribution >= 4 is 34.1 Å². The van der Waals surface area contributed by atoms with E-state index >= 15 is 0 Å². The highest BCUT2D eigenvalue weighted by molar-refractivity contribution is 7.15. The van der Waals surface area contributed by atoms with E-state index in [4.69, 9.17) is 4.74 Å². The van der Waals surface area contributed by atoms with Crippen LogP contribution < -0.4 is 15.4 Å². The van der Waals surface area contributed by atoms with Crippen LogP contribution in [-0.2, 0) is 35.3 Å². The molecular weight excluding hydrogens is 500 g/mol. The van der Waals surface area contributed by atoms with Crippen molar-refractivity contribution in [3.8, 4) is 5.75 Å². The first-order valence-electron chi connectivity index (χ1n) is 12.6. The van der Waals surface area contributed by atoms with Gasteiger partial charge in [-0.3, -0.25) is 9.59 Å². The molecule has 2 heterocycles. The van der Waals surface area contributed by atoms with Crippen molar-refractivity contribution in [2.24, 2.45) is 0 Å². The molecule has 10 heteroatoms. The first-order valence-corrected chi connectivity index (χ1v) is 13.4. The summed E-state index contributed by atoms with van der Waals surface area (Å²) < 4.78 is 5.49. The topological polar surface area (TPSA) is 119 Å². The second kappa shape index (κ2) is 13.9. The molecule has 0 spiro atoms. The zero-order valence-electron chi connectivity index (χ0n) is 21.2. The smallest absolute Gasteiger partial charge is 0.230 e. The van der Waals surface area contributed by atoms with Crippen LogP contribution in [0, 0.1) is 0 Å². The number of nitrogens with one attached hydrogen (secondary N) is 2. The summed E-state index contributed by atoms with van der Waals surface area (Å²) in [5.74, 6) is 0.935. The molecule has 0 fully saturated rings. The first-order chi connectivity index (χ1) is 18.6. The molecule has 2 aromatic heterocycles. The highest BCUT2D eigenvalue weighted by Gasteiger charge is 2.10. The van der Waals surface area contributed by atoms with Gasteiger partial charge in [-0.25, -0.2) is 0 Å². The van der Waals surface area contributed by atoms with Crippen LogP contribution in [0.4, 0.5) is 10.9 Å². The van der Waals surface area contributed by atoms with Gasteiger partial charge in [0.2, 0.25) is 16.9 Å². The first kappa shape index (κ1) is 26.9. The van der Waals surface area contributed by atoms with Crippen molar-refractivity contribution in [2.45, 2.75) is 45.4 Å². The third-order valence-electron chi connectivity index (χ3n) is 5.56. The monoisotopic (exact) mass is 530 g/mol. The number of carbonyl (C=O) groups is 2. The molecule has 0 aliphatic rings. The molecule has 0 radical (unpaired) electrons. The Bertz CT molecular complexity index is 1330. The number of ether oxygens (including phenoxy) is 1. The molecule has 38 heavy (non-hydrogen) atoms. The van der Waals surface area contributed by atoms with E-state index in [2.05, 4.69) is 31.0 Å². The average molecular weight is 531 g/mol. The fraction of sp³-hybridized carbons (Fsp3) is 0.286. The van der Waals surface area contributed by atoms with Crippen molar-refractivity contribution in [3.05, 3.63) is 88.6 Å². The number of carbonyl (C=O) groups excluding carboxylic acids is 2. The number of rotatable bonds is 13. The predicted molar refractivity (Wildman–Crippen MR) is 147 cm³/mol. The number of hydrogen-bond acceptors (Lipinski definition) is 8. The van der Waals surface area contributed by atoms with E-state index in [0.29, 0.717) is 24.0 Å². The van der Waals surface area contributed by atoms with Crippen LogP contribution in [-0.4, -0.2) is 38.8 Å². The summed E-state index contributed by atoms with van der Waals surface area (Å²) in [6.45, 7) is 2.51. The summed E-state index contributed by atoms with van der Waals surface area (Å²) in [5, 5.41) is 23.6. The molecule has 0 bridgehead atoms. The molecule has 2 N–H and O–H groups in total. The molecule has 0 unspecified atom stereocenters. The Morgan fingerprint density at radius 3 is 2.34 bits per heavy atom. The Morgan fingerprint density at radius 2 is 1.55 bits per heavy atom. The Balaban J connectivity index is 1.15. The van der Waals surface area contributed by atoms with E-state index < -0.39 is 0 Å². The normalized spacial score (nSPS) is 10.7. The van der Waals surface area contributed by atoms with E-state index in [-0.39, 0.29) is 18.2 Å². The van der Waals surface area contributed by atoms with Gasteiger partial charge in [-0.2, -0.15) is 5.10 Å². The van der Waals surface area contributed by atoms with Crippen LogP contribution in [0.15, 0.2) is 66.7 Å². The molecule has 0 aliphatic heterocycles. The Hall–Kier alpha value is -4.18. The zero-order chi connectivity index (χ0) is 26.6. The number of benzene rings is 2. The maximum absolute atomic E-state index is 12.4. The lowest BCUT2D eigenvalue weighted by Crippen LogP contribution is -2.15. The van der Waals surface area contributed by atoms with Crippen LogP contribution in [0.1, 0.15) is 41.6 Å². The molecule has 0 saturated carbocycles. The van der Waals surface area contributed by atoms with Crippen LogP contribution >= 0.6 is 11.3 Å². The maximum atomic E-state index is 12.4. The van der Waals surface area contributed by atoms with Gasteiger partial charge in [0.05, 0.1) is 25.1 Å². The van der Waals surface area contributed by atoms with Crippen molar-refractivity contribution in [2.75, 3.05) is 17.2 Å². The Morgan fingerprint density at radius 1 is 0.789 bits per heavy atom. The summed E-state index contributed by atoms with van der Waals surface area (Å²) in [6, 6.07) is 20.7. The Labute approximate surface area is 225 Å². The van der Waals surface area contributed by atoms with Crippen LogP contribution in [0.3, 0.4) is 0 Å². The highest BCUT2D eigenvalue weighted by Crippen LogP contribution is 2.19. The number of nitrogens with zero attached hydrogens (tertiary/aromatic N) is 4. The average Bonchev–Trinajstić information content (AvgIpc) is 3.35. The minimum absolute atomic E-state index is 0.123. The van der Waals surface area contributed by atoms with Crippen molar-refractivity contribution in [3.63, 3.8) is 0 Å². The highest BCUT2D eigenvalue weighted by atomic mass is 32.1. The molecule has 9 nitrogen and oxygen atoms in total. The number of unbranched alkanes of at least 4 members (excludes halogenated alkanes) is 1. The van der Waals surface area contributed by atoms with Gasteiger partial charge < -0.3 is 15.4 Å². The van der Waals surface area contributed by atoms with E-state index in [1.807, 2.05) is 67.6 Å². The molecule has 0 saturated heterocycles. The lowest BCUT2D eigenvalue weighted by atomic mass is 10.1. The third-order valence-corrected chi connectivity index (χ3v) is 6.45. The predicted octanol–water partition coefficient (Wildman–Crippen LogP) is 4.65. The van der Waals surface area contributed by atoms with E-state index in [1.165, 1.54) is 11.3 Å². The standard InChI is InChI=1S/C28H30N6O3S/c1-2-37-23-13-8-11-21(17-23)19-26(36)30-28-34-33-27(38-28)14-7-6-12-22-15-16-24(32-31-22)29-25(35)18-20-9-4-3-5-10-20/h3-5,8-11,13,15-17H,2,6-7,12,14,18-19H2,1H3,(H,29,32,35)(H,30,34,36). The molecule has 0 atom stereocenters. The van der Waals surface area contributed by atoms with Gasteiger partial charge in [0.25, 0.3) is 0 Å². The molecule has 2 amide bonds. The largest absolute Gasteiger partial charge is 0.494 e. The van der Waals surface area contributed by atoms with Gasteiger partial charge in [0.1, 0.15) is 10.8 Å². The van der Waals surface area contributed by atoms with Gasteiger partial charge in [-0.15, -0.1) is 15.3 Å². The van der Waals surface area contributed by atoms with Gasteiger partial charge >= 0.3 is 0 Å². The van der Waals surface area contributed by atoms with Crippen molar-refractivity contribution in [1.82, 2.24) is 20.4 Å². The van der Waals surface area contributed by atoms with Crippen molar-refractivity contribution in [1.29, 1.82) is 0 Å². The SMILES string of the molecule is CCOc1cccc(CC(=O)Nc2nnc(CCCCc3ccc(NC(=O)Cc4ccccc4)nn3)s2)c1. The maximum Gasteiger partial charge on any atom is 0.230 e. The molecule has 196 valence electrons. The number of anilines is 2. The van der Waals surface area contributed by atoms with Crippen molar-refractivity contribution < 1.29 is 14.3 Å². The van der Waals surface area contributed by atoms with E-state index in [1.54, 1.807) is 6.07 Å². The number of amides is 2. The second-order valence-corrected chi connectivity index (χ2v) is 9.70. The summed E-state index contributed by atoms with van der Waals surface area (Å²) in [4.78, 5) is 24.6. The van der Waals surface area contributed by atoms with Crippen LogP contribution in [0.2, 0.25) is 0 Å². The molecule has 0 aliphatic carbocycles. The van der Waals surface area contributed by atoms with Crippen LogP contribution in [0.25, 0.3) is 0 Å². The van der Waals surface area contributed by atoms with Gasteiger partial charge in [0, 0.05) is 6.42 Å². The molecule has 2 aromatic carbocycles. The third kappa shape index (κ3) is 8.74. The molecular formula is C28H30N6O3S. The number of aromatic nitrogens is 4. The van der Waals surface area contributed by atoms with E-state index in [0.717, 1.165) is 53.3 Å². The van der Waals surface area contributed by atoms with E-state index in [9.17, 15) is 9.59 Å². The minimum Gasteiger partial charge on any atom is -0.494 e. The fourth-order valence-electron chi connectivity index (χ4n) is 3.78. The lowest BCUT2D eigenvalue weighted by Gasteiger charge is -2.05. The van der Waals surface area contributed by atoms with Crippen LogP contribution in [0.5, 0.6) is 5.75 Å². The number of aryl methyl sites for hydroxylation is 2. The Kier molecular flexibility index (Phi) is 9.86. The second-order valence-electron chi connectivity index (χ2n) is 8.63. The fourth-order valence-corrected chi connectivity index (χ4v) is 4.57. The summed E-state index contributed by atoms with van der Waals surface area (Å²) >= 11 is 1.39. The van der Waals surface area contributed by atoms with Gasteiger partial charge in [-0.05, 0) is 61.6 Å².